The summed E-state index contributed by atoms with van der Waals surface area (Å²) in [4.78, 5) is 15.7. The highest BCUT2D eigenvalue weighted by molar-refractivity contribution is 6.20. The van der Waals surface area contributed by atoms with Gasteiger partial charge in [0.15, 0.2) is 17.5 Å². The summed E-state index contributed by atoms with van der Waals surface area (Å²) in [6, 6.07) is 85.2. The molecule has 0 aliphatic heterocycles. The van der Waals surface area contributed by atoms with E-state index >= 15 is 0 Å². The van der Waals surface area contributed by atoms with Crippen LogP contribution in [0.1, 0.15) is 0 Å². The normalized spacial score (nSPS) is 11.5. The zero-order valence-electron chi connectivity index (χ0n) is 36.8. The molecule has 68 heavy (non-hydrogen) atoms. The van der Waals surface area contributed by atoms with Gasteiger partial charge in [-0.1, -0.05) is 194 Å². The Morgan fingerprint density at radius 3 is 1.46 bits per heavy atom. The first-order valence-electron chi connectivity index (χ1n) is 22.9. The van der Waals surface area contributed by atoms with Crippen LogP contribution in [-0.4, -0.2) is 19.5 Å². The van der Waals surface area contributed by atoms with Crippen molar-refractivity contribution in [2.75, 3.05) is 0 Å². The molecule has 13 rings (SSSR count). The van der Waals surface area contributed by atoms with Crippen molar-refractivity contribution >= 4 is 43.7 Å². The maximum absolute atomic E-state index is 6.85. The third-order valence-electron chi connectivity index (χ3n) is 13.1. The van der Waals surface area contributed by atoms with Crippen molar-refractivity contribution in [1.82, 2.24) is 19.5 Å². The molecule has 0 spiro atoms. The summed E-state index contributed by atoms with van der Waals surface area (Å²) in [5, 5.41) is 4.43. The number of rotatable bonds is 8. The van der Waals surface area contributed by atoms with Crippen LogP contribution in [0.25, 0.3) is 128 Å². The van der Waals surface area contributed by atoms with Crippen molar-refractivity contribution in [2.24, 2.45) is 0 Å². The predicted octanol–water partition coefficient (Wildman–Crippen LogP) is 16.5. The van der Waals surface area contributed by atoms with E-state index in [1.807, 2.05) is 36.4 Å². The van der Waals surface area contributed by atoms with E-state index in [0.29, 0.717) is 17.5 Å². The molecule has 0 N–H and O–H groups in total. The lowest BCUT2D eigenvalue weighted by Crippen LogP contribution is -2.01. The second-order valence-corrected chi connectivity index (χ2v) is 17.1. The number of hydrogen-bond acceptors (Lipinski definition) is 4. The van der Waals surface area contributed by atoms with Gasteiger partial charge in [0.1, 0.15) is 11.2 Å². The lowest BCUT2D eigenvalue weighted by molar-refractivity contribution is 0.669. The number of hydrogen-bond donors (Lipinski definition) is 0. The molecule has 0 unspecified atom stereocenters. The Hall–Kier alpha value is -9.19. The maximum Gasteiger partial charge on any atom is 0.164 e. The number of nitrogens with zero attached hydrogens (tertiary/aromatic N) is 4. The molecular weight excluding hydrogens is 829 g/mol. The number of fused-ring (bicyclic) bond motifs is 6. The Bertz CT molecular complexity index is 3940. The van der Waals surface area contributed by atoms with Crippen molar-refractivity contribution in [3.63, 3.8) is 0 Å². The van der Waals surface area contributed by atoms with Gasteiger partial charge in [-0.2, -0.15) is 0 Å². The molecule has 0 amide bonds. The first-order valence-corrected chi connectivity index (χ1v) is 22.9. The van der Waals surface area contributed by atoms with Crippen molar-refractivity contribution in [1.29, 1.82) is 0 Å². The van der Waals surface area contributed by atoms with Crippen molar-refractivity contribution in [2.45, 2.75) is 0 Å². The van der Waals surface area contributed by atoms with Crippen LogP contribution >= 0.6 is 0 Å². The fraction of sp³-hybridized carbons (Fsp3) is 0. The molecule has 10 aromatic carbocycles. The molecule has 0 saturated carbocycles. The minimum atomic E-state index is 0.580. The molecular formula is C63H40N4O. The van der Waals surface area contributed by atoms with Crippen LogP contribution in [0.4, 0.5) is 0 Å². The van der Waals surface area contributed by atoms with Gasteiger partial charge in [-0.25, -0.2) is 15.0 Å². The highest BCUT2D eigenvalue weighted by Crippen LogP contribution is 2.45. The van der Waals surface area contributed by atoms with E-state index < -0.39 is 0 Å². The molecule has 0 fully saturated rings. The van der Waals surface area contributed by atoms with Gasteiger partial charge in [0.25, 0.3) is 0 Å². The second kappa shape index (κ2) is 16.4. The van der Waals surface area contributed by atoms with Crippen molar-refractivity contribution < 1.29 is 4.42 Å². The highest BCUT2D eigenvalue weighted by Gasteiger charge is 2.23. The Morgan fingerprint density at radius 2 is 0.809 bits per heavy atom. The predicted molar refractivity (Wildman–Crippen MR) is 279 cm³/mol. The SMILES string of the molecule is c1ccc(-c2nc(-c3ccccc3)nc(-c3cc(-c4ccc(-c5ccccc5)c(-c5ccccc5)c4)ccc3-c3cccc4oc5cc6c(cc5c34)c3ccccc3n6-c3ccccc3)n2)cc1. The Kier molecular flexibility index (Phi) is 9.43. The van der Waals surface area contributed by atoms with Gasteiger partial charge in [0.2, 0.25) is 0 Å². The zero-order valence-corrected chi connectivity index (χ0v) is 36.8. The van der Waals surface area contributed by atoms with Gasteiger partial charge in [0, 0.05) is 50.0 Å². The summed E-state index contributed by atoms with van der Waals surface area (Å²) in [7, 11) is 0. The van der Waals surface area contributed by atoms with Crippen LogP contribution in [0.2, 0.25) is 0 Å². The van der Waals surface area contributed by atoms with E-state index in [1.165, 1.54) is 16.5 Å². The van der Waals surface area contributed by atoms with Gasteiger partial charge >= 0.3 is 0 Å². The van der Waals surface area contributed by atoms with Crippen LogP contribution in [0, 0.1) is 0 Å². The molecule has 0 aliphatic carbocycles. The summed E-state index contributed by atoms with van der Waals surface area (Å²) in [5.41, 5.74) is 16.5. The summed E-state index contributed by atoms with van der Waals surface area (Å²) >= 11 is 0. The standard InChI is InChI=1S/C63H40N4O/c1-6-19-41(20-7-1)48-35-33-45(37-52(48)42-21-8-2-9-22-42)46-34-36-49(54(38-46)63-65-61(43-23-10-3-11-24-43)64-62(66-63)44-25-12-4-13-26-44)51-30-18-32-58-60(51)55-39-53-50-29-16-17-31-56(50)67(47-27-14-5-15-28-47)57(53)40-59(55)68-58/h1-40H. The molecule has 0 atom stereocenters. The molecule has 5 nitrogen and oxygen atoms in total. The minimum absolute atomic E-state index is 0.580. The van der Waals surface area contributed by atoms with Crippen LogP contribution < -0.4 is 0 Å². The minimum Gasteiger partial charge on any atom is -0.456 e. The zero-order chi connectivity index (χ0) is 45.0. The van der Waals surface area contributed by atoms with Gasteiger partial charge in [-0.05, 0) is 87.0 Å². The number of benzene rings is 10. The van der Waals surface area contributed by atoms with Crippen LogP contribution in [-0.2, 0) is 0 Å². The third kappa shape index (κ3) is 6.76. The summed E-state index contributed by atoms with van der Waals surface area (Å²) in [6.45, 7) is 0. The van der Waals surface area contributed by atoms with Gasteiger partial charge in [-0.15, -0.1) is 0 Å². The fourth-order valence-corrected chi connectivity index (χ4v) is 9.89. The van der Waals surface area contributed by atoms with Crippen LogP contribution in [0.5, 0.6) is 0 Å². The van der Waals surface area contributed by atoms with E-state index in [4.69, 9.17) is 19.4 Å². The summed E-state index contributed by atoms with van der Waals surface area (Å²) in [6.07, 6.45) is 0. The number of aromatic nitrogens is 4. The van der Waals surface area contributed by atoms with Gasteiger partial charge in [-0.3, -0.25) is 0 Å². The molecule has 318 valence electrons. The first-order chi connectivity index (χ1) is 33.7. The monoisotopic (exact) mass is 868 g/mol. The van der Waals surface area contributed by atoms with Gasteiger partial charge < -0.3 is 8.98 Å². The summed E-state index contributed by atoms with van der Waals surface area (Å²) < 4.78 is 9.18. The fourth-order valence-electron chi connectivity index (χ4n) is 9.89. The maximum atomic E-state index is 6.85. The van der Waals surface area contributed by atoms with E-state index in [0.717, 1.165) is 94.1 Å². The Labute approximate surface area is 392 Å². The molecule has 0 bridgehead atoms. The first kappa shape index (κ1) is 39.2. The number of para-hydroxylation sites is 2. The van der Waals surface area contributed by atoms with E-state index in [9.17, 15) is 0 Å². The van der Waals surface area contributed by atoms with Gasteiger partial charge in [0.05, 0.1) is 11.0 Å². The van der Waals surface area contributed by atoms with Crippen molar-refractivity contribution in [3.05, 3.63) is 243 Å². The van der Waals surface area contributed by atoms with Crippen LogP contribution in [0.15, 0.2) is 247 Å². The quantitative estimate of drug-likeness (QED) is 0.153. The molecule has 3 aromatic heterocycles. The second-order valence-electron chi connectivity index (χ2n) is 17.1. The van der Waals surface area contributed by atoms with E-state index in [1.54, 1.807) is 0 Å². The molecule has 5 heteroatoms. The molecule has 3 heterocycles. The number of furan rings is 1. The average molecular weight is 869 g/mol. The Morgan fingerprint density at radius 1 is 0.279 bits per heavy atom. The Balaban J connectivity index is 1.07. The smallest absolute Gasteiger partial charge is 0.164 e. The molecule has 13 aromatic rings. The van der Waals surface area contributed by atoms with Crippen LogP contribution in [0.3, 0.4) is 0 Å². The molecule has 0 saturated heterocycles. The lowest BCUT2D eigenvalue weighted by atomic mass is 9.89. The van der Waals surface area contributed by atoms with E-state index in [2.05, 4.69) is 211 Å². The summed E-state index contributed by atoms with van der Waals surface area (Å²) in [5.74, 6) is 1.79. The third-order valence-corrected chi connectivity index (χ3v) is 13.1. The largest absolute Gasteiger partial charge is 0.456 e. The average Bonchev–Trinajstić information content (AvgIpc) is 3.95. The highest BCUT2D eigenvalue weighted by atomic mass is 16.3. The van der Waals surface area contributed by atoms with Crippen molar-refractivity contribution in [3.8, 4) is 84.4 Å². The topological polar surface area (TPSA) is 56.7 Å². The molecule has 0 aliphatic rings. The van der Waals surface area contributed by atoms with E-state index in [-0.39, 0.29) is 0 Å². The molecule has 0 radical (unpaired) electrons. The lowest BCUT2D eigenvalue weighted by Gasteiger charge is -2.16.